The van der Waals surface area contributed by atoms with Gasteiger partial charge in [0.05, 0.1) is 34.3 Å². The van der Waals surface area contributed by atoms with Crippen molar-refractivity contribution in [2.75, 3.05) is 18.8 Å². The minimum Gasteiger partial charge on any atom is -0.497 e. The molecule has 0 saturated carbocycles. The number of carbonyl (C=O) groups excluding carboxylic acids is 1. The van der Waals surface area contributed by atoms with Gasteiger partial charge in [0.2, 0.25) is 6.79 Å². The van der Waals surface area contributed by atoms with Crippen LogP contribution in [0.4, 0.5) is 11.4 Å². The number of anilines is 1. The van der Waals surface area contributed by atoms with Gasteiger partial charge < -0.3 is 14.2 Å². The molecule has 1 saturated heterocycles. The number of thioether (sulfide) groups is 1. The molecule has 0 N–H and O–H groups in total. The molecule has 1 amide bonds. The first kappa shape index (κ1) is 18.3. The monoisotopic (exact) mass is 416 g/mol. The molecule has 0 bridgehead atoms. The van der Waals surface area contributed by atoms with Gasteiger partial charge in [-0.2, -0.15) is 0 Å². The van der Waals surface area contributed by atoms with Crippen molar-refractivity contribution in [3.8, 4) is 17.2 Å². The lowest BCUT2D eigenvalue weighted by atomic mass is 10.1. The molecule has 8 nitrogen and oxygen atoms in total. The third kappa shape index (κ3) is 3.16. The van der Waals surface area contributed by atoms with Gasteiger partial charge in [0.15, 0.2) is 15.8 Å². The van der Waals surface area contributed by atoms with E-state index in [0.717, 1.165) is 11.8 Å². The summed E-state index contributed by atoms with van der Waals surface area (Å²) in [6, 6.07) is 9.66. The van der Waals surface area contributed by atoms with Crippen molar-refractivity contribution in [1.29, 1.82) is 0 Å². The van der Waals surface area contributed by atoms with Crippen LogP contribution >= 0.6 is 24.0 Å². The summed E-state index contributed by atoms with van der Waals surface area (Å²) in [6.07, 6.45) is 1.45. The second-order valence-corrected chi connectivity index (χ2v) is 7.41. The Morgan fingerprint density at radius 3 is 2.57 bits per heavy atom. The molecule has 0 radical (unpaired) electrons. The van der Waals surface area contributed by atoms with E-state index in [0.29, 0.717) is 27.3 Å². The van der Waals surface area contributed by atoms with Gasteiger partial charge in [-0.3, -0.25) is 19.8 Å². The average molecular weight is 416 g/mol. The summed E-state index contributed by atoms with van der Waals surface area (Å²) in [5.74, 6) is 0.991. The number of nitro groups is 1. The molecule has 2 aliphatic rings. The molecule has 2 aromatic carbocycles. The van der Waals surface area contributed by atoms with Gasteiger partial charge >= 0.3 is 0 Å². The Bertz CT molecular complexity index is 1040. The summed E-state index contributed by atoms with van der Waals surface area (Å²) < 4.78 is 15.9. The molecule has 4 rings (SSSR count). The molecule has 2 aromatic rings. The third-order valence-corrected chi connectivity index (χ3v) is 5.43. The number of benzene rings is 2. The molecule has 0 unspecified atom stereocenters. The van der Waals surface area contributed by atoms with Crippen LogP contribution in [0.5, 0.6) is 17.2 Å². The molecule has 0 spiro atoms. The second kappa shape index (κ2) is 7.13. The number of rotatable bonds is 4. The number of amides is 1. The van der Waals surface area contributed by atoms with E-state index in [1.807, 2.05) is 0 Å². The fourth-order valence-corrected chi connectivity index (χ4v) is 4.07. The van der Waals surface area contributed by atoms with Crippen molar-refractivity contribution in [1.82, 2.24) is 0 Å². The number of ether oxygens (including phenoxy) is 3. The predicted octanol–water partition coefficient (Wildman–Crippen LogP) is 3.74. The number of nitrogens with zero attached hydrogens (tertiary/aromatic N) is 2. The highest BCUT2D eigenvalue weighted by Crippen LogP contribution is 2.41. The Hall–Kier alpha value is -3.11. The Morgan fingerprint density at radius 2 is 1.93 bits per heavy atom. The zero-order valence-electron chi connectivity index (χ0n) is 14.4. The summed E-state index contributed by atoms with van der Waals surface area (Å²) >= 11 is 6.41. The number of hydrogen-bond donors (Lipinski definition) is 0. The summed E-state index contributed by atoms with van der Waals surface area (Å²) in [5.41, 5.74) is 0.648. The molecule has 2 heterocycles. The Balaban J connectivity index is 1.70. The van der Waals surface area contributed by atoms with Crippen molar-refractivity contribution in [2.45, 2.75) is 0 Å². The maximum atomic E-state index is 12.9. The Morgan fingerprint density at radius 1 is 1.25 bits per heavy atom. The standard InChI is InChI=1S/C18H12N2O6S2/c1-24-12-4-2-11(3-5-12)19-17(21)16(28-18(19)27)7-10-6-14-15(26-9-25-14)8-13(10)20(22)23/h2-8H,9H2,1H3/b16-7+. The minimum absolute atomic E-state index is 0.00444. The van der Waals surface area contributed by atoms with Crippen LogP contribution in [-0.2, 0) is 4.79 Å². The van der Waals surface area contributed by atoms with Crippen LogP contribution in [0.1, 0.15) is 5.56 Å². The van der Waals surface area contributed by atoms with Crippen molar-refractivity contribution >= 4 is 51.7 Å². The Kier molecular flexibility index (Phi) is 4.65. The fraction of sp³-hybridized carbons (Fsp3) is 0.111. The first-order valence-electron chi connectivity index (χ1n) is 7.98. The lowest BCUT2D eigenvalue weighted by Gasteiger charge is -2.14. The largest absolute Gasteiger partial charge is 0.497 e. The number of thiocarbonyl (C=S) groups is 1. The van der Waals surface area contributed by atoms with Gasteiger partial charge in [-0.1, -0.05) is 24.0 Å². The van der Waals surface area contributed by atoms with E-state index in [4.69, 9.17) is 26.4 Å². The lowest BCUT2D eigenvalue weighted by Crippen LogP contribution is -2.27. The zero-order chi connectivity index (χ0) is 19.8. The maximum Gasteiger partial charge on any atom is 0.280 e. The summed E-state index contributed by atoms with van der Waals surface area (Å²) in [7, 11) is 1.55. The molecule has 0 aromatic heterocycles. The number of methoxy groups -OCH3 is 1. The number of nitro benzene ring substituents is 1. The summed E-state index contributed by atoms with van der Waals surface area (Å²) in [6.45, 7) is -0.00444. The second-order valence-electron chi connectivity index (χ2n) is 5.74. The molecule has 28 heavy (non-hydrogen) atoms. The molecule has 0 aliphatic carbocycles. The highest BCUT2D eigenvalue weighted by molar-refractivity contribution is 8.27. The SMILES string of the molecule is COc1ccc(N2C(=O)/C(=C\c3cc4c(cc3[N+](=O)[O-])OCO4)SC2=S)cc1. The number of hydrogen-bond acceptors (Lipinski definition) is 8. The third-order valence-electron chi connectivity index (χ3n) is 4.13. The molecule has 1 fully saturated rings. The molecular formula is C18H12N2O6S2. The van der Waals surface area contributed by atoms with E-state index >= 15 is 0 Å². The van der Waals surface area contributed by atoms with Crippen LogP contribution < -0.4 is 19.1 Å². The van der Waals surface area contributed by atoms with Crippen LogP contribution in [0, 0.1) is 10.1 Å². The topological polar surface area (TPSA) is 91.1 Å². The van der Waals surface area contributed by atoms with Gasteiger partial charge in [-0.25, -0.2) is 0 Å². The van der Waals surface area contributed by atoms with Crippen LogP contribution in [0.15, 0.2) is 41.3 Å². The van der Waals surface area contributed by atoms with Crippen molar-refractivity contribution in [3.63, 3.8) is 0 Å². The summed E-state index contributed by atoms with van der Waals surface area (Å²) in [4.78, 5) is 25.4. The minimum atomic E-state index is -0.530. The normalized spacial score (nSPS) is 16.8. The van der Waals surface area contributed by atoms with Gasteiger partial charge in [0, 0.05) is 0 Å². The lowest BCUT2D eigenvalue weighted by molar-refractivity contribution is -0.385. The molecule has 10 heteroatoms. The molecule has 2 aliphatic heterocycles. The quantitative estimate of drug-likeness (QED) is 0.322. The van der Waals surface area contributed by atoms with E-state index in [-0.39, 0.29) is 28.9 Å². The van der Waals surface area contributed by atoms with Crippen LogP contribution in [0.3, 0.4) is 0 Å². The average Bonchev–Trinajstić information content (AvgIpc) is 3.25. The van der Waals surface area contributed by atoms with Gasteiger partial charge in [0.25, 0.3) is 11.6 Å². The van der Waals surface area contributed by atoms with Gasteiger partial charge in [0.1, 0.15) is 5.75 Å². The number of fused-ring (bicyclic) bond motifs is 1. The fourth-order valence-electron chi connectivity index (χ4n) is 2.78. The van der Waals surface area contributed by atoms with E-state index in [9.17, 15) is 14.9 Å². The van der Waals surface area contributed by atoms with Crippen molar-refractivity contribution in [2.24, 2.45) is 0 Å². The van der Waals surface area contributed by atoms with E-state index in [2.05, 4.69) is 0 Å². The highest BCUT2D eigenvalue weighted by atomic mass is 32.2. The Labute approximate surface area is 168 Å². The van der Waals surface area contributed by atoms with Crippen molar-refractivity contribution < 1.29 is 23.9 Å². The molecule has 142 valence electrons. The van der Waals surface area contributed by atoms with Crippen LogP contribution in [-0.4, -0.2) is 29.1 Å². The first-order valence-corrected chi connectivity index (χ1v) is 9.20. The van der Waals surface area contributed by atoms with Gasteiger partial charge in [-0.05, 0) is 36.4 Å². The summed E-state index contributed by atoms with van der Waals surface area (Å²) in [5, 5.41) is 11.4. The highest BCUT2D eigenvalue weighted by Gasteiger charge is 2.34. The van der Waals surface area contributed by atoms with Crippen LogP contribution in [0.2, 0.25) is 0 Å². The first-order chi connectivity index (χ1) is 13.5. The van der Waals surface area contributed by atoms with Crippen LogP contribution in [0.25, 0.3) is 6.08 Å². The predicted molar refractivity (Wildman–Crippen MR) is 108 cm³/mol. The van der Waals surface area contributed by atoms with Gasteiger partial charge in [-0.15, -0.1) is 0 Å². The van der Waals surface area contributed by atoms with E-state index < -0.39 is 4.92 Å². The van der Waals surface area contributed by atoms with E-state index in [1.165, 1.54) is 23.1 Å². The van der Waals surface area contributed by atoms with Crippen molar-refractivity contribution in [3.05, 3.63) is 57.0 Å². The maximum absolute atomic E-state index is 12.9. The smallest absolute Gasteiger partial charge is 0.280 e. The zero-order valence-corrected chi connectivity index (χ0v) is 16.0. The number of carbonyl (C=O) groups is 1. The van der Waals surface area contributed by atoms with E-state index in [1.54, 1.807) is 31.4 Å². The molecular weight excluding hydrogens is 404 g/mol. The molecule has 0 atom stereocenters.